The van der Waals surface area contributed by atoms with Crippen molar-refractivity contribution in [3.05, 3.63) is 48.0 Å². The first kappa shape index (κ1) is 14.1. The lowest BCUT2D eigenvalue weighted by Crippen LogP contribution is -2.45. The van der Waals surface area contributed by atoms with Crippen LogP contribution in [0.1, 0.15) is 26.3 Å². The third kappa shape index (κ3) is 2.14. The van der Waals surface area contributed by atoms with Gasteiger partial charge in [-0.2, -0.15) is 5.26 Å². The molecule has 1 atom stereocenters. The summed E-state index contributed by atoms with van der Waals surface area (Å²) in [6, 6.07) is 16.1. The van der Waals surface area contributed by atoms with Gasteiger partial charge in [-0.25, -0.2) is 0 Å². The van der Waals surface area contributed by atoms with Crippen molar-refractivity contribution in [1.82, 2.24) is 4.90 Å². The number of carbonyl (C=O) groups excluding carboxylic acids is 1. The Labute approximate surface area is 119 Å². The van der Waals surface area contributed by atoms with Gasteiger partial charge in [-0.05, 0) is 30.2 Å². The second kappa shape index (κ2) is 5.34. The zero-order chi connectivity index (χ0) is 14.8. The summed E-state index contributed by atoms with van der Waals surface area (Å²) < 4.78 is 0. The highest BCUT2D eigenvalue weighted by atomic mass is 16.2. The van der Waals surface area contributed by atoms with Gasteiger partial charge in [-0.15, -0.1) is 0 Å². The van der Waals surface area contributed by atoms with Crippen LogP contribution in [0.15, 0.2) is 42.5 Å². The van der Waals surface area contributed by atoms with E-state index in [1.807, 2.05) is 49.4 Å². The van der Waals surface area contributed by atoms with Gasteiger partial charge in [0.2, 0.25) is 5.91 Å². The minimum Gasteiger partial charge on any atom is -0.321 e. The highest BCUT2D eigenvalue weighted by Crippen LogP contribution is 2.33. The van der Waals surface area contributed by atoms with Crippen LogP contribution in [0.2, 0.25) is 0 Å². The SMILES string of the molecule is CCN(C(C)=O)[C@@](C)(C#N)c1cccc2ccccc12. The zero-order valence-corrected chi connectivity index (χ0v) is 12.1. The normalized spacial score (nSPS) is 13.5. The maximum absolute atomic E-state index is 11.9. The molecule has 0 spiro atoms. The Bertz CT molecular complexity index is 681. The van der Waals surface area contributed by atoms with Crippen LogP contribution in [0.25, 0.3) is 10.8 Å². The van der Waals surface area contributed by atoms with E-state index < -0.39 is 5.54 Å². The molecule has 3 nitrogen and oxygen atoms in total. The fourth-order valence-electron chi connectivity index (χ4n) is 2.77. The Hall–Kier alpha value is -2.34. The van der Waals surface area contributed by atoms with E-state index in [4.69, 9.17) is 0 Å². The standard InChI is InChI=1S/C17H18N2O/c1-4-19(13(2)20)17(3,12-18)16-11-7-9-14-8-5-6-10-15(14)16/h5-11H,4H2,1-3H3/t17-/m0/s1. The van der Waals surface area contributed by atoms with Crippen molar-refractivity contribution >= 4 is 16.7 Å². The molecule has 2 aromatic rings. The molecule has 0 fully saturated rings. The van der Waals surface area contributed by atoms with Crippen LogP contribution < -0.4 is 0 Å². The van der Waals surface area contributed by atoms with Gasteiger partial charge in [0.15, 0.2) is 5.54 Å². The number of hydrogen-bond acceptors (Lipinski definition) is 2. The summed E-state index contributed by atoms with van der Waals surface area (Å²) in [5.74, 6) is -0.0931. The minimum atomic E-state index is -0.957. The summed E-state index contributed by atoms with van der Waals surface area (Å²) in [7, 11) is 0. The molecule has 2 rings (SSSR count). The molecule has 0 unspecified atom stereocenters. The monoisotopic (exact) mass is 266 g/mol. The summed E-state index contributed by atoms with van der Waals surface area (Å²) in [5.41, 5.74) is -0.0864. The van der Waals surface area contributed by atoms with Gasteiger partial charge in [0.25, 0.3) is 0 Å². The Morgan fingerprint density at radius 1 is 1.25 bits per heavy atom. The highest BCUT2D eigenvalue weighted by Gasteiger charge is 2.36. The molecule has 0 N–H and O–H groups in total. The lowest BCUT2D eigenvalue weighted by molar-refractivity contribution is -0.132. The van der Waals surface area contributed by atoms with Gasteiger partial charge in [-0.3, -0.25) is 4.79 Å². The Morgan fingerprint density at radius 2 is 1.90 bits per heavy atom. The maximum Gasteiger partial charge on any atom is 0.220 e. The lowest BCUT2D eigenvalue weighted by atomic mass is 9.87. The average molecular weight is 266 g/mol. The average Bonchev–Trinajstić information content (AvgIpc) is 2.46. The number of carbonyl (C=O) groups is 1. The molecule has 0 heterocycles. The van der Waals surface area contributed by atoms with E-state index >= 15 is 0 Å². The predicted molar refractivity (Wildman–Crippen MR) is 80.0 cm³/mol. The highest BCUT2D eigenvalue weighted by molar-refractivity contribution is 5.88. The third-order valence-corrected chi connectivity index (χ3v) is 3.77. The number of hydrogen-bond donors (Lipinski definition) is 0. The van der Waals surface area contributed by atoms with Gasteiger partial charge in [0.1, 0.15) is 0 Å². The number of benzene rings is 2. The van der Waals surface area contributed by atoms with Gasteiger partial charge in [0, 0.05) is 13.5 Å². The van der Waals surface area contributed by atoms with Crippen LogP contribution in [0.4, 0.5) is 0 Å². The topological polar surface area (TPSA) is 44.1 Å². The molecule has 3 heteroatoms. The van der Waals surface area contributed by atoms with E-state index in [9.17, 15) is 10.1 Å². The number of nitriles is 1. The third-order valence-electron chi connectivity index (χ3n) is 3.77. The molecular formula is C17H18N2O. The van der Waals surface area contributed by atoms with Crippen LogP contribution in [0, 0.1) is 11.3 Å². The van der Waals surface area contributed by atoms with Crippen molar-refractivity contribution in [3.8, 4) is 6.07 Å². The summed E-state index contributed by atoms with van der Waals surface area (Å²) >= 11 is 0. The van der Waals surface area contributed by atoms with E-state index in [1.54, 1.807) is 11.8 Å². The summed E-state index contributed by atoms with van der Waals surface area (Å²) in [4.78, 5) is 13.5. The van der Waals surface area contributed by atoms with Crippen molar-refractivity contribution in [2.75, 3.05) is 6.54 Å². The van der Waals surface area contributed by atoms with Crippen molar-refractivity contribution in [1.29, 1.82) is 5.26 Å². The van der Waals surface area contributed by atoms with E-state index in [0.717, 1.165) is 16.3 Å². The molecular weight excluding hydrogens is 248 g/mol. The fraction of sp³-hybridized carbons (Fsp3) is 0.294. The molecule has 0 radical (unpaired) electrons. The molecule has 0 bridgehead atoms. The van der Waals surface area contributed by atoms with E-state index in [0.29, 0.717) is 6.54 Å². The molecule has 0 aromatic heterocycles. The largest absolute Gasteiger partial charge is 0.321 e. The molecule has 2 aromatic carbocycles. The fourth-order valence-corrected chi connectivity index (χ4v) is 2.77. The summed E-state index contributed by atoms with van der Waals surface area (Å²) in [5, 5.41) is 11.8. The summed E-state index contributed by atoms with van der Waals surface area (Å²) in [6.45, 7) is 5.70. The van der Waals surface area contributed by atoms with Crippen LogP contribution in [0.5, 0.6) is 0 Å². The number of amides is 1. The van der Waals surface area contributed by atoms with Gasteiger partial charge in [0.05, 0.1) is 6.07 Å². The number of rotatable bonds is 3. The molecule has 20 heavy (non-hydrogen) atoms. The second-order valence-corrected chi connectivity index (χ2v) is 4.97. The Kier molecular flexibility index (Phi) is 3.76. The van der Waals surface area contributed by atoms with Crippen LogP contribution >= 0.6 is 0 Å². The smallest absolute Gasteiger partial charge is 0.220 e. The molecule has 0 aliphatic heterocycles. The van der Waals surface area contributed by atoms with Gasteiger partial charge < -0.3 is 4.90 Å². The number of fused-ring (bicyclic) bond motifs is 1. The first-order valence-electron chi connectivity index (χ1n) is 6.72. The maximum atomic E-state index is 11.9. The molecule has 0 saturated heterocycles. The quantitative estimate of drug-likeness (QED) is 0.854. The van der Waals surface area contributed by atoms with E-state index in [-0.39, 0.29) is 5.91 Å². The number of nitrogens with zero attached hydrogens (tertiary/aromatic N) is 2. The summed E-state index contributed by atoms with van der Waals surface area (Å²) in [6.07, 6.45) is 0. The van der Waals surface area contributed by atoms with Crippen LogP contribution in [-0.4, -0.2) is 17.4 Å². The molecule has 0 aliphatic rings. The minimum absolute atomic E-state index is 0.0931. The van der Waals surface area contributed by atoms with Crippen LogP contribution in [-0.2, 0) is 10.3 Å². The molecule has 102 valence electrons. The van der Waals surface area contributed by atoms with Gasteiger partial charge in [-0.1, -0.05) is 42.5 Å². The van der Waals surface area contributed by atoms with E-state index in [1.165, 1.54) is 6.92 Å². The lowest BCUT2D eigenvalue weighted by Gasteiger charge is -2.35. The van der Waals surface area contributed by atoms with Crippen molar-refractivity contribution in [3.63, 3.8) is 0 Å². The second-order valence-electron chi connectivity index (χ2n) is 4.97. The van der Waals surface area contributed by atoms with E-state index in [2.05, 4.69) is 6.07 Å². The van der Waals surface area contributed by atoms with Crippen molar-refractivity contribution < 1.29 is 4.79 Å². The Morgan fingerprint density at radius 3 is 2.50 bits per heavy atom. The molecule has 1 amide bonds. The predicted octanol–water partition coefficient (Wildman–Crippen LogP) is 3.45. The van der Waals surface area contributed by atoms with Crippen molar-refractivity contribution in [2.45, 2.75) is 26.3 Å². The van der Waals surface area contributed by atoms with Gasteiger partial charge >= 0.3 is 0 Å². The van der Waals surface area contributed by atoms with Crippen LogP contribution in [0.3, 0.4) is 0 Å². The Balaban J connectivity index is 2.72. The molecule has 0 aliphatic carbocycles. The molecule has 0 saturated carbocycles. The zero-order valence-electron chi connectivity index (χ0n) is 12.1. The first-order chi connectivity index (χ1) is 9.54. The van der Waals surface area contributed by atoms with Crippen molar-refractivity contribution in [2.24, 2.45) is 0 Å². The first-order valence-corrected chi connectivity index (χ1v) is 6.72.